The summed E-state index contributed by atoms with van der Waals surface area (Å²) < 4.78 is 21.4. The highest BCUT2D eigenvalue weighted by Crippen LogP contribution is 2.31. The third kappa shape index (κ3) is 6.31. The quantitative estimate of drug-likeness (QED) is 0.607. The van der Waals surface area contributed by atoms with Gasteiger partial charge in [-0.15, -0.1) is 0 Å². The van der Waals surface area contributed by atoms with Gasteiger partial charge in [-0.2, -0.15) is 0 Å². The fourth-order valence-electron chi connectivity index (χ4n) is 2.71. The number of hydrogen-bond acceptors (Lipinski definition) is 7. The molecule has 0 aliphatic rings. The molecule has 8 heteroatoms. The Morgan fingerprint density at radius 1 is 0.966 bits per heavy atom. The van der Waals surface area contributed by atoms with Gasteiger partial charge in [0.05, 0.1) is 26.9 Å². The second-order valence-electron chi connectivity index (χ2n) is 5.98. The summed E-state index contributed by atoms with van der Waals surface area (Å²) in [5.41, 5.74) is 0.542. The molecule has 1 atom stereocenters. The summed E-state index contributed by atoms with van der Waals surface area (Å²) in [7, 11) is 2.98. The first-order valence-electron chi connectivity index (χ1n) is 9.04. The second-order valence-corrected chi connectivity index (χ2v) is 5.98. The number of nitrogens with one attached hydrogen (secondary N) is 1. The van der Waals surface area contributed by atoms with E-state index in [0.29, 0.717) is 35.2 Å². The highest BCUT2D eigenvalue weighted by molar-refractivity contribution is 5.79. The average molecular weight is 402 g/mol. The highest BCUT2D eigenvalue weighted by Gasteiger charge is 2.18. The molecule has 2 aromatic rings. The van der Waals surface area contributed by atoms with Gasteiger partial charge in [0.2, 0.25) is 0 Å². The molecule has 0 saturated carbocycles. The lowest BCUT2D eigenvalue weighted by Gasteiger charge is -2.21. The van der Waals surface area contributed by atoms with E-state index in [9.17, 15) is 14.7 Å². The van der Waals surface area contributed by atoms with E-state index < -0.39 is 24.3 Å². The Labute approximate surface area is 169 Å². The van der Waals surface area contributed by atoms with Crippen molar-refractivity contribution < 1.29 is 33.6 Å². The molecule has 0 spiro atoms. The van der Waals surface area contributed by atoms with Crippen LogP contribution in [-0.2, 0) is 9.59 Å². The van der Waals surface area contributed by atoms with E-state index in [2.05, 4.69) is 5.32 Å². The SMILES string of the molecule is CCOc1ccc([C@H](CC(=O)[O-])NC(=O)COc2ccccc2OC)cc1OC. The standard InChI is InChI=1S/C21H25NO7/c1-4-28-18-10-9-14(11-19(18)27-3)15(12-21(24)25)22-20(23)13-29-17-8-6-5-7-16(17)26-2/h5-11,15H,4,12-13H2,1-3H3,(H,22,23)(H,24,25)/p-1/t15-/m0/s1. The summed E-state index contributed by atoms with van der Waals surface area (Å²) >= 11 is 0. The lowest BCUT2D eigenvalue weighted by Crippen LogP contribution is -2.36. The van der Waals surface area contributed by atoms with E-state index in [1.807, 2.05) is 6.92 Å². The van der Waals surface area contributed by atoms with Crippen LogP contribution in [0.15, 0.2) is 42.5 Å². The molecule has 0 unspecified atom stereocenters. The first-order chi connectivity index (χ1) is 14.0. The maximum atomic E-state index is 12.4. The number of carbonyl (C=O) groups excluding carboxylic acids is 2. The van der Waals surface area contributed by atoms with E-state index in [1.54, 1.807) is 42.5 Å². The minimum Gasteiger partial charge on any atom is -0.550 e. The topological polar surface area (TPSA) is 106 Å². The van der Waals surface area contributed by atoms with Gasteiger partial charge >= 0.3 is 0 Å². The first-order valence-corrected chi connectivity index (χ1v) is 9.04. The van der Waals surface area contributed by atoms with Gasteiger partial charge in [-0.3, -0.25) is 4.79 Å². The Kier molecular flexibility index (Phi) is 8.14. The molecule has 2 rings (SSSR count). The van der Waals surface area contributed by atoms with Crippen LogP contribution in [-0.4, -0.2) is 39.3 Å². The van der Waals surface area contributed by atoms with Gasteiger partial charge in [0, 0.05) is 12.4 Å². The molecule has 0 aliphatic heterocycles. The van der Waals surface area contributed by atoms with Gasteiger partial charge in [0.15, 0.2) is 29.6 Å². The molecule has 0 fully saturated rings. The molecule has 0 saturated heterocycles. The van der Waals surface area contributed by atoms with E-state index in [-0.39, 0.29) is 6.61 Å². The number of rotatable bonds is 11. The first kappa shape index (κ1) is 21.9. The molecule has 1 amide bonds. The second kappa shape index (κ2) is 10.8. The number of benzene rings is 2. The third-order valence-corrected chi connectivity index (χ3v) is 4.02. The minimum absolute atomic E-state index is 0.307. The third-order valence-electron chi connectivity index (χ3n) is 4.02. The van der Waals surface area contributed by atoms with Crippen LogP contribution in [0.5, 0.6) is 23.0 Å². The van der Waals surface area contributed by atoms with E-state index >= 15 is 0 Å². The van der Waals surface area contributed by atoms with Crippen molar-refractivity contribution in [2.24, 2.45) is 0 Å². The molecule has 156 valence electrons. The molecular formula is C21H24NO7-. The molecule has 0 aromatic heterocycles. The zero-order valence-electron chi connectivity index (χ0n) is 16.6. The summed E-state index contributed by atoms with van der Waals surface area (Å²) in [6.07, 6.45) is -0.405. The summed E-state index contributed by atoms with van der Waals surface area (Å²) in [6, 6.07) is 11.0. The molecule has 29 heavy (non-hydrogen) atoms. The molecule has 2 aromatic carbocycles. The summed E-state index contributed by atoms with van der Waals surface area (Å²) in [5.74, 6) is 0.0694. The van der Waals surface area contributed by atoms with Gasteiger partial charge < -0.3 is 34.2 Å². The van der Waals surface area contributed by atoms with Crippen LogP contribution >= 0.6 is 0 Å². The Bertz CT molecular complexity index is 838. The maximum absolute atomic E-state index is 12.4. The molecule has 0 bridgehead atoms. The van der Waals surface area contributed by atoms with Gasteiger partial charge in [-0.1, -0.05) is 18.2 Å². The zero-order valence-corrected chi connectivity index (χ0v) is 16.6. The highest BCUT2D eigenvalue weighted by atomic mass is 16.5. The number of ether oxygens (including phenoxy) is 4. The van der Waals surface area contributed by atoms with Gasteiger partial charge in [-0.05, 0) is 36.8 Å². The van der Waals surface area contributed by atoms with Crippen LogP contribution in [0.3, 0.4) is 0 Å². The van der Waals surface area contributed by atoms with E-state index in [1.165, 1.54) is 14.2 Å². The maximum Gasteiger partial charge on any atom is 0.258 e. The smallest absolute Gasteiger partial charge is 0.258 e. The lowest BCUT2D eigenvalue weighted by atomic mass is 10.0. The molecule has 8 nitrogen and oxygen atoms in total. The molecule has 0 aliphatic carbocycles. The predicted molar refractivity (Wildman–Crippen MR) is 103 cm³/mol. The van der Waals surface area contributed by atoms with Crippen molar-refractivity contribution in [1.29, 1.82) is 0 Å². The minimum atomic E-state index is -1.30. The van der Waals surface area contributed by atoms with Crippen molar-refractivity contribution in [2.75, 3.05) is 27.4 Å². The number of methoxy groups -OCH3 is 2. The number of carboxylic acid groups (broad SMARTS) is 1. The van der Waals surface area contributed by atoms with Crippen LogP contribution in [0.1, 0.15) is 24.9 Å². The molecular weight excluding hydrogens is 378 g/mol. The predicted octanol–water partition coefficient (Wildman–Crippen LogP) is 1.48. The van der Waals surface area contributed by atoms with Crippen LogP contribution < -0.4 is 29.4 Å². The summed E-state index contributed by atoms with van der Waals surface area (Å²) in [6.45, 7) is 1.99. The largest absolute Gasteiger partial charge is 0.550 e. The number of amides is 1. The monoisotopic (exact) mass is 402 g/mol. The number of carbonyl (C=O) groups is 2. The van der Waals surface area contributed by atoms with Crippen LogP contribution in [0, 0.1) is 0 Å². The Morgan fingerprint density at radius 2 is 1.62 bits per heavy atom. The normalized spacial score (nSPS) is 11.3. The zero-order chi connectivity index (χ0) is 21.2. The number of carboxylic acids is 1. The molecule has 0 radical (unpaired) electrons. The number of aliphatic carboxylic acids is 1. The van der Waals surface area contributed by atoms with Crippen molar-refractivity contribution in [3.8, 4) is 23.0 Å². The van der Waals surface area contributed by atoms with E-state index in [4.69, 9.17) is 18.9 Å². The van der Waals surface area contributed by atoms with Crippen molar-refractivity contribution in [2.45, 2.75) is 19.4 Å². The fourth-order valence-corrected chi connectivity index (χ4v) is 2.71. The van der Waals surface area contributed by atoms with Crippen LogP contribution in [0.2, 0.25) is 0 Å². The van der Waals surface area contributed by atoms with Gasteiger partial charge in [0.25, 0.3) is 5.91 Å². The number of para-hydroxylation sites is 2. The Balaban J connectivity index is 2.12. The average Bonchev–Trinajstić information content (AvgIpc) is 2.72. The Hall–Kier alpha value is -3.42. The van der Waals surface area contributed by atoms with Crippen molar-refractivity contribution in [3.63, 3.8) is 0 Å². The number of hydrogen-bond donors (Lipinski definition) is 1. The summed E-state index contributed by atoms with van der Waals surface area (Å²) in [4.78, 5) is 23.5. The van der Waals surface area contributed by atoms with E-state index in [0.717, 1.165) is 0 Å². The lowest BCUT2D eigenvalue weighted by molar-refractivity contribution is -0.306. The Morgan fingerprint density at radius 3 is 2.24 bits per heavy atom. The van der Waals surface area contributed by atoms with Gasteiger partial charge in [0.1, 0.15) is 0 Å². The molecule has 0 heterocycles. The van der Waals surface area contributed by atoms with Crippen LogP contribution in [0.25, 0.3) is 0 Å². The van der Waals surface area contributed by atoms with Crippen molar-refractivity contribution in [1.82, 2.24) is 5.32 Å². The molecule has 1 N–H and O–H groups in total. The van der Waals surface area contributed by atoms with Crippen molar-refractivity contribution >= 4 is 11.9 Å². The van der Waals surface area contributed by atoms with Gasteiger partial charge in [-0.25, -0.2) is 0 Å². The fraction of sp³-hybridized carbons (Fsp3) is 0.333. The van der Waals surface area contributed by atoms with Crippen LogP contribution in [0.4, 0.5) is 0 Å². The summed E-state index contributed by atoms with van der Waals surface area (Å²) in [5, 5.41) is 13.8. The van der Waals surface area contributed by atoms with Crippen molar-refractivity contribution in [3.05, 3.63) is 48.0 Å².